The molecule has 0 radical (unpaired) electrons. The highest BCUT2D eigenvalue weighted by molar-refractivity contribution is 6.06. The number of amides is 6. The van der Waals surface area contributed by atoms with Crippen LogP contribution in [0.1, 0.15) is 60.2 Å². The monoisotopic (exact) mass is 643 g/mol. The molecule has 3 atom stereocenters. The number of hydrogen-bond acceptors (Lipinski definition) is 7. The number of esters is 1. The molecule has 3 heterocycles. The molecule has 0 saturated carbocycles. The molecule has 4 N–H and O–H groups in total. The number of unbranched alkanes of at least 4 members (excludes halogenated alkanes) is 1. The fourth-order valence-corrected chi connectivity index (χ4v) is 5.03. The van der Waals surface area contributed by atoms with Gasteiger partial charge in [-0.3, -0.25) is 28.9 Å². The maximum atomic E-state index is 13.0. The molecular formula is C33H37N7O7. The van der Waals surface area contributed by atoms with Crippen molar-refractivity contribution in [2.75, 3.05) is 23.7 Å². The standard InChI is InChI=1S/C33H37N7O7/c1-5-6-15-34-30(43)22-17-27(39(4)19-22)37-31(44)23-18-26(38(3)20-23)36-28(42)14-16-35-33(46)40-29-24(32(40)45)12-10-8-7-9-11-13-25(29)47-21(2)41/h7,9,17-20,24-25,29H,5-6,12,14-16H2,1-4H3,(H,34,43)(H,35,46)(H,36,42)(H,37,44)/b9-7-/t24-,25-,29+/m1/s1. The molecule has 6 amide bonds. The van der Waals surface area contributed by atoms with Crippen LogP contribution < -0.4 is 21.3 Å². The van der Waals surface area contributed by atoms with Crippen molar-refractivity contribution in [1.29, 1.82) is 0 Å². The van der Waals surface area contributed by atoms with E-state index in [2.05, 4.69) is 44.9 Å². The molecule has 14 heteroatoms. The molecule has 4 rings (SSSR count). The molecule has 1 fully saturated rings. The molecule has 1 aliphatic heterocycles. The van der Waals surface area contributed by atoms with Gasteiger partial charge in [0.2, 0.25) is 11.8 Å². The van der Waals surface area contributed by atoms with Crippen molar-refractivity contribution in [1.82, 2.24) is 24.7 Å². The molecule has 246 valence electrons. The first-order chi connectivity index (χ1) is 22.5. The first-order valence-electron chi connectivity index (χ1n) is 15.1. The summed E-state index contributed by atoms with van der Waals surface area (Å²) in [5.74, 6) is 8.99. The zero-order valence-electron chi connectivity index (χ0n) is 26.6. The van der Waals surface area contributed by atoms with E-state index in [0.717, 1.165) is 17.7 Å². The highest BCUT2D eigenvalue weighted by atomic mass is 16.5. The van der Waals surface area contributed by atoms with Gasteiger partial charge in [-0.1, -0.05) is 37.0 Å². The minimum atomic E-state index is -1.03. The van der Waals surface area contributed by atoms with Gasteiger partial charge in [0.15, 0.2) is 6.10 Å². The Morgan fingerprint density at radius 3 is 2.26 bits per heavy atom. The van der Waals surface area contributed by atoms with Gasteiger partial charge in [-0.2, -0.15) is 0 Å². The number of carbonyl (C=O) groups excluding carboxylic acids is 6. The van der Waals surface area contributed by atoms with Gasteiger partial charge < -0.3 is 35.1 Å². The average molecular weight is 644 g/mol. The fourth-order valence-electron chi connectivity index (χ4n) is 5.03. The number of β-lactam (4-membered cyclic amide) rings is 1. The Kier molecular flexibility index (Phi) is 11.2. The van der Waals surface area contributed by atoms with Crippen LogP contribution in [0, 0.1) is 29.6 Å². The third-order valence-electron chi connectivity index (χ3n) is 7.47. The van der Waals surface area contributed by atoms with E-state index in [9.17, 15) is 28.8 Å². The number of fused-ring (bicyclic) bond motifs is 1. The van der Waals surface area contributed by atoms with E-state index in [1.54, 1.807) is 41.7 Å². The van der Waals surface area contributed by atoms with Crippen LogP contribution in [0.3, 0.4) is 0 Å². The van der Waals surface area contributed by atoms with E-state index in [4.69, 9.17) is 4.74 Å². The first-order valence-corrected chi connectivity index (χ1v) is 15.1. The van der Waals surface area contributed by atoms with E-state index in [-0.39, 0.29) is 30.9 Å². The maximum Gasteiger partial charge on any atom is 0.324 e. The third-order valence-corrected chi connectivity index (χ3v) is 7.47. The Bertz CT molecular complexity index is 1730. The lowest BCUT2D eigenvalue weighted by molar-refractivity contribution is -0.164. The summed E-state index contributed by atoms with van der Waals surface area (Å²) in [6, 6.07) is 1.51. The number of nitrogens with zero attached hydrogens (tertiary/aromatic N) is 3. The Balaban J connectivity index is 1.30. The molecule has 2 aromatic heterocycles. The van der Waals surface area contributed by atoms with Gasteiger partial charge in [0.1, 0.15) is 17.7 Å². The second-order valence-corrected chi connectivity index (χ2v) is 11.0. The van der Waals surface area contributed by atoms with Gasteiger partial charge in [0.05, 0.1) is 17.0 Å². The zero-order chi connectivity index (χ0) is 34.1. The van der Waals surface area contributed by atoms with Crippen LogP contribution >= 0.6 is 0 Å². The van der Waals surface area contributed by atoms with Gasteiger partial charge in [-0.05, 0) is 30.7 Å². The Hall–Kier alpha value is -5.76. The Morgan fingerprint density at radius 1 is 0.915 bits per heavy atom. The summed E-state index contributed by atoms with van der Waals surface area (Å²) in [7, 11) is 3.37. The minimum absolute atomic E-state index is 0.0993. The number of aromatic nitrogens is 2. The number of hydrogen-bond donors (Lipinski definition) is 4. The summed E-state index contributed by atoms with van der Waals surface area (Å²) in [6.45, 7) is 3.72. The lowest BCUT2D eigenvalue weighted by Crippen LogP contribution is -2.69. The van der Waals surface area contributed by atoms with Crippen LogP contribution in [-0.4, -0.2) is 74.9 Å². The van der Waals surface area contributed by atoms with Crippen LogP contribution in [0.4, 0.5) is 16.4 Å². The van der Waals surface area contributed by atoms with Crippen molar-refractivity contribution in [3.63, 3.8) is 0 Å². The number of imide groups is 1. The molecule has 14 nitrogen and oxygen atoms in total. The van der Waals surface area contributed by atoms with Crippen molar-refractivity contribution < 1.29 is 33.5 Å². The highest BCUT2D eigenvalue weighted by Crippen LogP contribution is 2.33. The lowest BCUT2D eigenvalue weighted by Gasteiger charge is -2.46. The number of nitrogens with one attached hydrogen (secondary N) is 4. The number of anilines is 2. The van der Waals surface area contributed by atoms with E-state index in [0.29, 0.717) is 23.7 Å². The summed E-state index contributed by atoms with van der Waals surface area (Å²) in [4.78, 5) is 76.5. The second kappa shape index (κ2) is 15.5. The molecular weight excluding hydrogens is 606 g/mol. The number of likely N-dealkylation sites (tertiary alicyclic amines) is 1. The summed E-state index contributed by atoms with van der Waals surface area (Å²) >= 11 is 0. The van der Waals surface area contributed by atoms with Crippen molar-refractivity contribution in [2.24, 2.45) is 20.0 Å². The Labute approximate surface area is 272 Å². The number of carbonyl (C=O) groups is 6. The summed E-state index contributed by atoms with van der Waals surface area (Å²) < 4.78 is 8.51. The summed E-state index contributed by atoms with van der Waals surface area (Å²) in [5, 5.41) is 10.9. The molecule has 1 saturated heterocycles. The van der Waals surface area contributed by atoms with Crippen LogP contribution in [0.5, 0.6) is 0 Å². The minimum Gasteiger partial charge on any atom is -0.447 e. The summed E-state index contributed by atoms with van der Waals surface area (Å²) in [5.41, 5.74) is 0.693. The van der Waals surface area contributed by atoms with Crippen molar-refractivity contribution in [3.8, 4) is 23.7 Å². The average Bonchev–Trinajstić information content (AvgIpc) is 3.57. The molecule has 47 heavy (non-hydrogen) atoms. The number of urea groups is 1. The van der Waals surface area contributed by atoms with Crippen LogP contribution in [0.2, 0.25) is 0 Å². The van der Waals surface area contributed by atoms with Crippen LogP contribution in [0.15, 0.2) is 36.7 Å². The van der Waals surface area contributed by atoms with Gasteiger partial charge in [-0.15, -0.1) is 0 Å². The first kappa shape index (κ1) is 34.1. The maximum absolute atomic E-state index is 13.0. The number of allylic oxidation sites excluding steroid dienone is 2. The smallest absolute Gasteiger partial charge is 0.324 e. The Morgan fingerprint density at radius 2 is 1.57 bits per heavy atom. The van der Waals surface area contributed by atoms with E-state index in [1.165, 1.54) is 25.1 Å². The van der Waals surface area contributed by atoms with E-state index >= 15 is 0 Å². The predicted molar refractivity (Wildman–Crippen MR) is 172 cm³/mol. The third kappa shape index (κ3) is 8.49. The van der Waals surface area contributed by atoms with Crippen molar-refractivity contribution in [3.05, 3.63) is 47.8 Å². The number of rotatable bonds is 11. The van der Waals surface area contributed by atoms with Gasteiger partial charge in [0.25, 0.3) is 11.8 Å². The van der Waals surface area contributed by atoms with Crippen LogP contribution in [-0.2, 0) is 33.2 Å². The summed E-state index contributed by atoms with van der Waals surface area (Å²) in [6.07, 6.45) is 7.02. The van der Waals surface area contributed by atoms with Crippen LogP contribution in [0.25, 0.3) is 0 Å². The van der Waals surface area contributed by atoms with Gasteiger partial charge >= 0.3 is 12.0 Å². The molecule has 1 aliphatic carbocycles. The molecule has 0 aromatic carbocycles. The molecule has 0 unspecified atom stereocenters. The highest BCUT2D eigenvalue weighted by Gasteiger charge is 2.54. The zero-order valence-corrected chi connectivity index (χ0v) is 26.6. The second-order valence-electron chi connectivity index (χ2n) is 11.0. The topological polar surface area (TPSA) is 173 Å². The van der Waals surface area contributed by atoms with Crippen molar-refractivity contribution >= 4 is 47.3 Å². The molecule has 0 spiro atoms. The van der Waals surface area contributed by atoms with Gasteiger partial charge in [0, 0.05) is 59.3 Å². The predicted octanol–water partition coefficient (Wildman–Crippen LogP) is 1.91. The SMILES string of the molecule is CCCCNC(=O)c1cc(NC(=O)c2cc(NC(=O)CCNC(=O)N3C(=O)[C@@H]4CC#C/C=C\C#C[C@@H](OC(C)=O)[C@H]43)n(C)c2)n(C)c1. The normalized spacial score (nSPS) is 18.5. The van der Waals surface area contributed by atoms with Gasteiger partial charge in [-0.25, -0.2) is 4.79 Å². The van der Waals surface area contributed by atoms with Crippen molar-refractivity contribution in [2.45, 2.75) is 51.7 Å². The quantitative estimate of drug-likeness (QED) is 0.125. The molecule has 2 aromatic rings. The molecule has 2 aliphatic rings. The fraction of sp³-hybridized carbons (Fsp3) is 0.394. The number of ether oxygens (including phenoxy) is 1. The lowest BCUT2D eigenvalue weighted by atomic mass is 9.81. The van der Waals surface area contributed by atoms with E-state index < -0.39 is 47.8 Å². The van der Waals surface area contributed by atoms with E-state index in [1.807, 2.05) is 6.92 Å². The molecule has 0 bridgehead atoms. The number of aryl methyl sites for hydroxylation is 2. The largest absolute Gasteiger partial charge is 0.447 e.